The first-order valence-electron chi connectivity index (χ1n) is 8.35. The number of carboxylic acid groups (broad SMARTS) is 1. The van der Waals surface area contributed by atoms with Crippen LogP contribution in [0, 0.1) is 5.82 Å². The summed E-state index contributed by atoms with van der Waals surface area (Å²) in [5.74, 6) is -1.83. The quantitative estimate of drug-likeness (QED) is 0.706. The third-order valence-corrected chi connectivity index (χ3v) is 4.56. The standard InChI is InChI=1S/C20H14ClFN2O4/c1-20(14-6-5-12(21)7-15(14)22)27-16-4-2-3-13(19(16)28-20)11-9-23-17(24-10-11)8-18(25)26/h2-7,9-10H,8H2,1H3,(H,25,26). The zero-order valence-corrected chi connectivity index (χ0v) is 15.4. The van der Waals surface area contributed by atoms with Crippen LogP contribution in [0.4, 0.5) is 4.39 Å². The SMILES string of the molecule is CC1(c2ccc(Cl)cc2F)Oc2cccc(-c3cnc(CC(=O)O)nc3)c2O1. The molecule has 1 aliphatic rings. The van der Waals surface area contributed by atoms with Gasteiger partial charge in [-0.2, -0.15) is 0 Å². The minimum absolute atomic E-state index is 0.203. The number of aliphatic carboxylic acids is 1. The number of hydrogen-bond donors (Lipinski definition) is 1. The highest BCUT2D eigenvalue weighted by molar-refractivity contribution is 6.30. The van der Waals surface area contributed by atoms with E-state index in [2.05, 4.69) is 9.97 Å². The van der Waals surface area contributed by atoms with E-state index in [0.717, 1.165) is 0 Å². The number of benzene rings is 2. The van der Waals surface area contributed by atoms with Gasteiger partial charge in [-0.3, -0.25) is 4.79 Å². The molecule has 1 aliphatic heterocycles. The predicted octanol–water partition coefficient (Wildman–Crippen LogP) is 4.21. The summed E-state index contributed by atoms with van der Waals surface area (Å²) < 4.78 is 26.4. The molecule has 142 valence electrons. The molecule has 1 atom stereocenters. The average molecular weight is 401 g/mol. The zero-order valence-electron chi connectivity index (χ0n) is 14.6. The first-order valence-corrected chi connectivity index (χ1v) is 8.73. The van der Waals surface area contributed by atoms with Gasteiger partial charge in [0.25, 0.3) is 5.79 Å². The average Bonchev–Trinajstić information content (AvgIpc) is 2.98. The number of rotatable bonds is 4. The molecule has 0 fully saturated rings. The summed E-state index contributed by atoms with van der Waals surface area (Å²) in [5.41, 5.74) is 1.49. The molecule has 1 aromatic heterocycles. The van der Waals surface area contributed by atoms with Gasteiger partial charge < -0.3 is 14.6 Å². The molecule has 0 aliphatic carbocycles. The highest BCUT2D eigenvalue weighted by Crippen LogP contribution is 2.49. The fraction of sp³-hybridized carbons (Fsp3) is 0.150. The summed E-state index contributed by atoms with van der Waals surface area (Å²) in [5, 5.41) is 9.11. The van der Waals surface area contributed by atoms with E-state index in [9.17, 15) is 9.18 Å². The minimum Gasteiger partial charge on any atom is -0.481 e. The molecule has 0 radical (unpaired) electrons. The van der Waals surface area contributed by atoms with Crippen molar-refractivity contribution in [1.29, 1.82) is 0 Å². The summed E-state index contributed by atoms with van der Waals surface area (Å²) in [6, 6.07) is 9.57. The Bertz CT molecular complexity index is 1070. The number of carboxylic acids is 1. The third kappa shape index (κ3) is 3.25. The highest BCUT2D eigenvalue weighted by Gasteiger charge is 2.42. The van der Waals surface area contributed by atoms with Crippen molar-refractivity contribution in [2.45, 2.75) is 19.1 Å². The molecule has 0 amide bonds. The van der Waals surface area contributed by atoms with E-state index in [1.165, 1.54) is 24.5 Å². The number of nitrogens with zero attached hydrogens (tertiary/aromatic N) is 2. The van der Waals surface area contributed by atoms with Crippen LogP contribution >= 0.6 is 11.6 Å². The smallest absolute Gasteiger partial charge is 0.311 e. The maximum Gasteiger partial charge on any atom is 0.311 e. The van der Waals surface area contributed by atoms with Crippen molar-refractivity contribution in [2.75, 3.05) is 0 Å². The molecule has 8 heteroatoms. The van der Waals surface area contributed by atoms with Crippen LogP contribution in [-0.4, -0.2) is 21.0 Å². The molecule has 0 spiro atoms. The normalized spacial score (nSPS) is 17.5. The zero-order chi connectivity index (χ0) is 19.9. The summed E-state index contributed by atoms with van der Waals surface area (Å²) in [6.07, 6.45) is 2.77. The van der Waals surface area contributed by atoms with Crippen molar-refractivity contribution in [3.05, 3.63) is 71.0 Å². The van der Waals surface area contributed by atoms with Crippen LogP contribution in [0.25, 0.3) is 11.1 Å². The number of carbonyl (C=O) groups is 1. The van der Waals surface area contributed by atoms with Gasteiger partial charge in [0.15, 0.2) is 11.5 Å². The van der Waals surface area contributed by atoms with Crippen LogP contribution in [0.15, 0.2) is 48.8 Å². The Morgan fingerprint density at radius 1 is 1.21 bits per heavy atom. The fourth-order valence-electron chi connectivity index (χ4n) is 3.04. The van der Waals surface area contributed by atoms with Crippen LogP contribution in [0.2, 0.25) is 5.02 Å². The van der Waals surface area contributed by atoms with Crippen molar-refractivity contribution in [3.63, 3.8) is 0 Å². The van der Waals surface area contributed by atoms with E-state index >= 15 is 0 Å². The van der Waals surface area contributed by atoms with Gasteiger partial charge in [-0.25, -0.2) is 14.4 Å². The van der Waals surface area contributed by atoms with E-state index in [-0.39, 0.29) is 22.8 Å². The maximum absolute atomic E-state index is 14.4. The first-order chi connectivity index (χ1) is 13.4. The van der Waals surface area contributed by atoms with Crippen LogP contribution in [0.5, 0.6) is 11.5 Å². The number of ether oxygens (including phenoxy) is 2. The summed E-state index contributed by atoms with van der Waals surface area (Å²) >= 11 is 5.84. The number of hydrogen-bond acceptors (Lipinski definition) is 5. The minimum atomic E-state index is -1.36. The molecule has 0 bridgehead atoms. The van der Waals surface area contributed by atoms with Gasteiger partial charge in [-0.1, -0.05) is 23.7 Å². The number of fused-ring (bicyclic) bond motifs is 1. The van der Waals surface area contributed by atoms with Gasteiger partial charge in [-0.15, -0.1) is 0 Å². The number of aromatic nitrogens is 2. The second-order valence-electron chi connectivity index (χ2n) is 6.37. The molecule has 0 saturated carbocycles. The lowest BCUT2D eigenvalue weighted by molar-refractivity contribution is -0.136. The van der Waals surface area contributed by atoms with Gasteiger partial charge in [0, 0.05) is 35.5 Å². The number of para-hydroxylation sites is 1. The van der Waals surface area contributed by atoms with Crippen molar-refractivity contribution in [2.24, 2.45) is 0 Å². The number of halogens is 2. The fourth-order valence-corrected chi connectivity index (χ4v) is 3.20. The summed E-state index contributed by atoms with van der Waals surface area (Å²) in [7, 11) is 0. The third-order valence-electron chi connectivity index (χ3n) is 4.33. The Kier molecular flexibility index (Phi) is 4.39. The lowest BCUT2D eigenvalue weighted by Gasteiger charge is -2.24. The molecule has 3 aromatic rings. The van der Waals surface area contributed by atoms with Crippen LogP contribution in [0.3, 0.4) is 0 Å². The second-order valence-corrected chi connectivity index (χ2v) is 6.80. The first kappa shape index (κ1) is 18.2. The molecule has 2 aromatic carbocycles. The Hall–Kier alpha value is -3.19. The van der Waals surface area contributed by atoms with Gasteiger partial charge in [-0.05, 0) is 24.3 Å². The second kappa shape index (κ2) is 6.76. The van der Waals surface area contributed by atoms with Crippen LogP contribution in [-0.2, 0) is 17.0 Å². The lowest BCUT2D eigenvalue weighted by Crippen LogP contribution is -2.32. The summed E-state index contributed by atoms with van der Waals surface area (Å²) in [4.78, 5) is 18.9. The van der Waals surface area contributed by atoms with E-state index in [0.29, 0.717) is 22.6 Å². The van der Waals surface area contributed by atoms with E-state index in [1.807, 2.05) is 0 Å². The van der Waals surface area contributed by atoms with Crippen LogP contribution < -0.4 is 9.47 Å². The molecule has 1 N–H and O–H groups in total. The van der Waals surface area contributed by atoms with Crippen molar-refractivity contribution in [1.82, 2.24) is 9.97 Å². The Labute approximate surface area is 164 Å². The largest absolute Gasteiger partial charge is 0.481 e. The van der Waals surface area contributed by atoms with Gasteiger partial charge in [0.1, 0.15) is 18.1 Å². The molecule has 4 rings (SSSR count). The van der Waals surface area contributed by atoms with Gasteiger partial charge in [0.05, 0.1) is 5.56 Å². The lowest BCUT2D eigenvalue weighted by atomic mass is 10.1. The molecular weight excluding hydrogens is 387 g/mol. The Morgan fingerprint density at radius 3 is 2.64 bits per heavy atom. The van der Waals surface area contributed by atoms with E-state index in [4.69, 9.17) is 26.2 Å². The monoisotopic (exact) mass is 400 g/mol. The molecular formula is C20H14ClFN2O4. The molecule has 6 nitrogen and oxygen atoms in total. The predicted molar refractivity (Wildman–Crippen MR) is 98.8 cm³/mol. The van der Waals surface area contributed by atoms with E-state index < -0.39 is 17.6 Å². The highest BCUT2D eigenvalue weighted by atomic mass is 35.5. The summed E-state index contributed by atoms with van der Waals surface area (Å²) in [6.45, 7) is 1.62. The molecule has 1 unspecified atom stereocenters. The van der Waals surface area contributed by atoms with Gasteiger partial charge in [0.2, 0.25) is 0 Å². The molecule has 2 heterocycles. The van der Waals surface area contributed by atoms with Gasteiger partial charge >= 0.3 is 5.97 Å². The topological polar surface area (TPSA) is 81.5 Å². The van der Waals surface area contributed by atoms with Crippen molar-refractivity contribution >= 4 is 17.6 Å². The Balaban J connectivity index is 1.70. The van der Waals surface area contributed by atoms with E-state index in [1.54, 1.807) is 31.2 Å². The van der Waals surface area contributed by atoms with Crippen LogP contribution in [0.1, 0.15) is 18.3 Å². The maximum atomic E-state index is 14.4. The molecule has 0 saturated heterocycles. The molecule has 28 heavy (non-hydrogen) atoms. The van der Waals surface area contributed by atoms with Crippen molar-refractivity contribution in [3.8, 4) is 22.6 Å². The Morgan fingerprint density at radius 2 is 1.96 bits per heavy atom. The van der Waals surface area contributed by atoms with Crippen molar-refractivity contribution < 1.29 is 23.8 Å².